The summed E-state index contributed by atoms with van der Waals surface area (Å²) in [5, 5.41) is 24.6. The number of nitro groups is 1. The Hall–Kier alpha value is -4.49. The van der Waals surface area contributed by atoms with E-state index in [9.17, 15) is 15.4 Å². The molecule has 3 rings (SSSR count). The van der Waals surface area contributed by atoms with Crippen LogP contribution in [0.25, 0.3) is 0 Å². The van der Waals surface area contributed by atoms with E-state index in [-0.39, 0.29) is 12.3 Å². The summed E-state index contributed by atoms with van der Waals surface area (Å²) in [6.45, 7) is 2.26. The molecule has 0 fully saturated rings. The highest BCUT2D eigenvalue weighted by molar-refractivity contribution is 5.81. The quantitative estimate of drug-likeness (QED) is 0.268. The van der Waals surface area contributed by atoms with Crippen LogP contribution in [0.15, 0.2) is 53.6 Å². The first-order valence-electron chi connectivity index (χ1n) is 10.2. The van der Waals surface area contributed by atoms with Gasteiger partial charge in [0.1, 0.15) is 18.2 Å². The van der Waals surface area contributed by atoms with Gasteiger partial charge in [0.25, 0.3) is 5.69 Å². The van der Waals surface area contributed by atoms with E-state index in [0.29, 0.717) is 35.1 Å². The summed E-state index contributed by atoms with van der Waals surface area (Å²) in [6, 6.07) is 15.4. The fourth-order valence-corrected chi connectivity index (χ4v) is 3.19. The Balaban J connectivity index is 1.72. The van der Waals surface area contributed by atoms with E-state index in [1.165, 1.54) is 19.2 Å². The van der Waals surface area contributed by atoms with Gasteiger partial charge in [-0.25, -0.2) is 4.98 Å². The minimum absolute atomic E-state index is 0.00382. The zero-order chi connectivity index (χ0) is 24.5. The number of hydrazone groups is 1. The van der Waals surface area contributed by atoms with Crippen LogP contribution in [0.5, 0.6) is 11.5 Å². The van der Waals surface area contributed by atoms with Crippen LogP contribution in [0, 0.1) is 28.4 Å². The third-order valence-electron chi connectivity index (χ3n) is 4.73. The number of benzene rings is 2. The Bertz CT molecular complexity index is 1250. The van der Waals surface area contributed by atoms with Crippen molar-refractivity contribution in [3.8, 4) is 17.6 Å². The number of nitrogens with one attached hydrogen (secondary N) is 1. The number of nitro benzene ring substituents is 1. The molecule has 0 aliphatic carbocycles. The van der Waals surface area contributed by atoms with E-state index in [2.05, 4.69) is 21.6 Å². The van der Waals surface area contributed by atoms with Crippen molar-refractivity contribution in [2.24, 2.45) is 5.10 Å². The Labute approximate surface area is 196 Å². The van der Waals surface area contributed by atoms with E-state index < -0.39 is 4.92 Å². The highest BCUT2D eigenvalue weighted by atomic mass is 16.6. The second-order valence-electron chi connectivity index (χ2n) is 7.19. The maximum absolute atomic E-state index is 10.9. The van der Waals surface area contributed by atoms with Gasteiger partial charge in [-0.15, -0.1) is 0 Å². The van der Waals surface area contributed by atoms with Crippen LogP contribution in [0.3, 0.4) is 0 Å². The fraction of sp³-hybridized carbons (Fsp3) is 0.208. The van der Waals surface area contributed by atoms with Crippen molar-refractivity contribution in [1.82, 2.24) is 4.98 Å². The molecule has 1 aromatic heterocycles. The number of aryl methyl sites for hydroxylation is 1. The summed E-state index contributed by atoms with van der Waals surface area (Å²) < 4.78 is 16.4. The molecule has 34 heavy (non-hydrogen) atoms. The average Bonchev–Trinajstić information content (AvgIpc) is 2.83. The number of nitrogens with zero attached hydrogens (tertiary/aromatic N) is 4. The zero-order valence-electron chi connectivity index (χ0n) is 18.9. The Kier molecular flexibility index (Phi) is 8.10. The van der Waals surface area contributed by atoms with Crippen molar-refractivity contribution >= 4 is 17.7 Å². The molecule has 0 unspecified atom stereocenters. The molecular weight excluding hydrogens is 438 g/mol. The van der Waals surface area contributed by atoms with Gasteiger partial charge in [0.2, 0.25) is 0 Å². The zero-order valence-corrected chi connectivity index (χ0v) is 18.9. The maximum atomic E-state index is 10.9. The van der Waals surface area contributed by atoms with Crippen LogP contribution >= 0.6 is 0 Å². The second kappa shape index (κ2) is 11.4. The smallest absolute Gasteiger partial charge is 0.269 e. The van der Waals surface area contributed by atoms with Gasteiger partial charge < -0.3 is 14.2 Å². The van der Waals surface area contributed by atoms with Gasteiger partial charge in [-0.2, -0.15) is 10.4 Å². The first kappa shape index (κ1) is 24.2. The number of methoxy groups -OCH3 is 2. The van der Waals surface area contributed by atoms with Gasteiger partial charge in [0, 0.05) is 30.5 Å². The third kappa shape index (κ3) is 6.05. The number of hydrogen-bond donors (Lipinski definition) is 1. The molecule has 174 valence electrons. The number of anilines is 1. The van der Waals surface area contributed by atoms with Crippen LogP contribution < -0.4 is 14.9 Å². The predicted octanol–water partition coefficient (Wildman–Crippen LogP) is 4.35. The first-order valence-corrected chi connectivity index (χ1v) is 10.2. The Morgan fingerprint density at radius 1 is 1.18 bits per heavy atom. The number of rotatable bonds is 10. The summed E-state index contributed by atoms with van der Waals surface area (Å²) in [7, 11) is 3.08. The van der Waals surface area contributed by atoms with Crippen molar-refractivity contribution in [3.63, 3.8) is 0 Å². The average molecular weight is 461 g/mol. The van der Waals surface area contributed by atoms with Crippen LogP contribution in [0.1, 0.15) is 27.9 Å². The number of non-ortho nitro benzene ring substituents is 1. The standard InChI is InChI=1S/C24H23N5O5/c1-16-9-19(15-32-2)21(12-25)24(27-16)28-26-13-17-7-8-22(23(11-17)33-3)34-14-18-5-4-6-20(10-18)29(30)31/h4-11,13H,14-15H2,1-3H3,(H,27,28). The molecule has 0 atom stereocenters. The van der Waals surface area contributed by atoms with Crippen LogP contribution in [-0.4, -0.2) is 30.3 Å². The molecule has 0 spiro atoms. The van der Waals surface area contributed by atoms with E-state index >= 15 is 0 Å². The molecule has 0 radical (unpaired) electrons. The Morgan fingerprint density at radius 3 is 2.71 bits per heavy atom. The van der Waals surface area contributed by atoms with Crippen LogP contribution in [0.4, 0.5) is 11.5 Å². The van der Waals surface area contributed by atoms with E-state index in [4.69, 9.17) is 14.2 Å². The summed E-state index contributed by atoms with van der Waals surface area (Å²) in [4.78, 5) is 14.8. The molecule has 1 heterocycles. The van der Waals surface area contributed by atoms with Gasteiger partial charge in [0.15, 0.2) is 17.3 Å². The SMILES string of the molecule is COCc1cc(C)nc(NN=Cc2ccc(OCc3cccc([N+](=O)[O-])c3)c(OC)c2)c1C#N. The molecule has 0 aliphatic rings. The van der Waals surface area contributed by atoms with E-state index in [0.717, 1.165) is 16.8 Å². The molecule has 10 nitrogen and oxygen atoms in total. The van der Waals surface area contributed by atoms with Crippen LogP contribution in [0.2, 0.25) is 0 Å². The molecule has 0 aliphatic heterocycles. The highest BCUT2D eigenvalue weighted by Gasteiger charge is 2.11. The molecule has 2 aromatic carbocycles. The molecule has 0 saturated carbocycles. The molecule has 0 amide bonds. The maximum Gasteiger partial charge on any atom is 0.269 e. The minimum Gasteiger partial charge on any atom is -0.493 e. The number of nitriles is 1. The van der Waals surface area contributed by atoms with Gasteiger partial charge in [-0.1, -0.05) is 12.1 Å². The number of pyridine rings is 1. The lowest BCUT2D eigenvalue weighted by atomic mass is 10.1. The molecule has 0 saturated heterocycles. The van der Waals surface area contributed by atoms with Crippen LogP contribution in [-0.2, 0) is 18.0 Å². The monoisotopic (exact) mass is 461 g/mol. The first-order chi connectivity index (χ1) is 16.4. The summed E-state index contributed by atoms with van der Waals surface area (Å²) in [5.41, 5.74) is 6.03. The minimum atomic E-state index is -0.448. The number of ether oxygens (including phenoxy) is 3. The molecule has 1 N–H and O–H groups in total. The van der Waals surface area contributed by atoms with Crippen molar-refractivity contribution in [2.45, 2.75) is 20.1 Å². The van der Waals surface area contributed by atoms with Crippen molar-refractivity contribution in [3.05, 3.63) is 86.6 Å². The van der Waals surface area contributed by atoms with Gasteiger partial charge in [-0.05, 0) is 42.3 Å². The summed E-state index contributed by atoms with van der Waals surface area (Å²) in [6.07, 6.45) is 1.56. The normalized spacial score (nSPS) is 10.6. The van der Waals surface area contributed by atoms with E-state index in [1.54, 1.807) is 49.7 Å². The summed E-state index contributed by atoms with van der Waals surface area (Å²) in [5.74, 6) is 1.30. The molecule has 10 heteroatoms. The van der Waals surface area contributed by atoms with Crippen molar-refractivity contribution in [2.75, 3.05) is 19.6 Å². The Morgan fingerprint density at radius 2 is 2.00 bits per heavy atom. The molecule has 0 bridgehead atoms. The van der Waals surface area contributed by atoms with Crippen molar-refractivity contribution < 1.29 is 19.1 Å². The predicted molar refractivity (Wildman–Crippen MR) is 126 cm³/mol. The topological polar surface area (TPSA) is 132 Å². The lowest BCUT2D eigenvalue weighted by Gasteiger charge is -2.11. The number of hydrogen-bond acceptors (Lipinski definition) is 9. The van der Waals surface area contributed by atoms with E-state index in [1.807, 2.05) is 6.92 Å². The lowest BCUT2D eigenvalue weighted by molar-refractivity contribution is -0.384. The summed E-state index contributed by atoms with van der Waals surface area (Å²) >= 11 is 0. The van der Waals surface area contributed by atoms with Gasteiger partial charge in [0.05, 0.1) is 24.9 Å². The van der Waals surface area contributed by atoms with Gasteiger partial charge in [-0.3, -0.25) is 15.5 Å². The highest BCUT2D eigenvalue weighted by Crippen LogP contribution is 2.29. The third-order valence-corrected chi connectivity index (χ3v) is 4.73. The lowest BCUT2D eigenvalue weighted by Crippen LogP contribution is -2.03. The molecular formula is C24H23N5O5. The van der Waals surface area contributed by atoms with Gasteiger partial charge >= 0.3 is 0 Å². The number of aromatic nitrogens is 1. The fourth-order valence-electron chi connectivity index (χ4n) is 3.19. The second-order valence-corrected chi connectivity index (χ2v) is 7.19. The largest absolute Gasteiger partial charge is 0.493 e. The molecule has 3 aromatic rings. The van der Waals surface area contributed by atoms with Crippen molar-refractivity contribution in [1.29, 1.82) is 5.26 Å².